The van der Waals surface area contributed by atoms with Crippen LogP contribution in [0.15, 0.2) is 39.7 Å². The van der Waals surface area contributed by atoms with Gasteiger partial charge in [0.1, 0.15) is 17.3 Å². The van der Waals surface area contributed by atoms with Gasteiger partial charge in [0.15, 0.2) is 0 Å². The molecule has 2 amide bonds. The Hall–Kier alpha value is -2.70. The average molecular weight is 549 g/mol. The Morgan fingerprint density at radius 1 is 1.03 bits per heavy atom. The third kappa shape index (κ3) is 7.96. The molecule has 2 aromatic rings. The topological polar surface area (TPSA) is 100 Å². The molecule has 0 saturated carbocycles. The predicted octanol–water partition coefficient (Wildman–Crippen LogP) is 7.08. The number of alkyl carbamates (subject to hydrolysis) is 1. The first-order chi connectivity index (χ1) is 15.7. The Morgan fingerprint density at radius 3 is 2.09 bits per heavy atom. The van der Waals surface area contributed by atoms with Crippen molar-refractivity contribution in [3.8, 4) is 17.2 Å². The number of rotatable bonds is 5. The second-order valence-electron chi connectivity index (χ2n) is 9.46. The van der Waals surface area contributed by atoms with Gasteiger partial charge in [-0.3, -0.25) is 5.32 Å². The van der Waals surface area contributed by atoms with Crippen LogP contribution in [0.4, 0.5) is 15.3 Å². The molecule has 0 spiro atoms. The smallest absolute Gasteiger partial charge is 0.412 e. The van der Waals surface area contributed by atoms with Crippen LogP contribution in [-0.2, 0) is 16.0 Å². The summed E-state index contributed by atoms with van der Waals surface area (Å²) in [6.07, 6.45) is 0.581. The zero-order valence-corrected chi connectivity index (χ0v) is 22.9. The highest BCUT2D eigenvalue weighted by atomic mass is 79.9. The van der Waals surface area contributed by atoms with E-state index in [4.69, 9.17) is 9.47 Å². The number of nitriles is 1. The monoisotopic (exact) mass is 547 g/mol. The lowest BCUT2D eigenvalue weighted by Gasteiger charge is -2.24. The van der Waals surface area contributed by atoms with Crippen LogP contribution in [-0.4, -0.2) is 29.6 Å². The minimum Gasteiger partial charge on any atom is -0.444 e. The van der Waals surface area contributed by atoms with Crippen molar-refractivity contribution in [2.24, 2.45) is 0 Å². The first-order valence-corrected chi connectivity index (χ1v) is 12.6. The maximum atomic E-state index is 12.8. The van der Waals surface area contributed by atoms with Crippen molar-refractivity contribution in [3.05, 3.63) is 45.9 Å². The van der Waals surface area contributed by atoms with E-state index in [-0.39, 0.29) is 6.54 Å². The lowest BCUT2D eigenvalue weighted by Crippen LogP contribution is -2.33. The van der Waals surface area contributed by atoms with Crippen molar-refractivity contribution in [2.75, 3.05) is 11.6 Å². The van der Waals surface area contributed by atoms with E-state index in [0.29, 0.717) is 22.4 Å². The first kappa shape index (κ1) is 27.5. The molecule has 0 aliphatic carbocycles. The Kier molecular flexibility index (Phi) is 9.03. The van der Waals surface area contributed by atoms with E-state index in [1.54, 1.807) is 41.5 Å². The zero-order valence-electron chi connectivity index (χ0n) is 20.5. The summed E-state index contributed by atoms with van der Waals surface area (Å²) in [5, 5.41) is 15.5. The Balaban J connectivity index is 2.65. The van der Waals surface area contributed by atoms with Crippen molar-refractivity contribution in [2.45, 2.75) is 64.2 Å². The van der Waals surface area contributed by atoms with Gasteiger partial charge in [0, 0.05) is 27.0 Å². The second kappa shape index (κ2) is 11.2. The number of anilines is 1. The highest BCUT2D eigenvalue weighted by Gasteiger charge is 2.24. The molecule has 182 valence electrons. The molecule has 0 unspecified atom stereocenters. The number of carbonyl (C=O) groups excluding carboxylic acids is 2. The van der Waals surface area contributed by atoms with Crippen LogP contribution >= 0.6 is 27.7 Å². The van der Waals surface area contributed by atoms with Crippen molar-refractivity contribution in [1.82, 2.24) is 5.32 Å². The fraction of sp³-hybridized carbons (Fsp3) is 0.400. The number of halogens is 1. The Labute approximate surface area is 213 Å². The number of benzene rings is 2. The number of thioether (sulfide) groups is 1. The fourth-order valence-corrected chi connectivity index (χ4v) is 3.93. The van der Waals surface area contributed by atoms with E-state index in [0.717, 1.165) is 14.9 Å². The number of hydrogen-bond acceptors (Lipinski definition) is 6. The fourth-order valence-electron chi connectivity index (χ4n) is 3.05. The summed E-state index contributed by atoms with van der Waals surface area (Å²) in [7, 11) is 0. The van der Waals surface area contributed by atoms with E-state index in [1.807, 2.05) is 36.6 Å². The standard InChI is InChI=1S/C25H30BrN3O4S/c1-24(2,3)32-22(30)28-14-19-18(13-27)20(34-7)12-17(15-8-10-16(26)11-9-15)21(19)29-23(31)33-25(4,5)6/h8-12H,14H2,1-7H3,(H,28,30)(H,29,31). The second-order valence-corrected chi connectivity index (χ2v) is 11.2. The van der Waals surface area contributed by atoms with Gasteiger partial charge in [0.2, 0.25) is 0 Å². The van der Waals surface area contributed by atoms with Gasteiger partial charge >= 0.3 is 12.2 Å². The quantitative estimate of drug-likeness (QED) is 0.387. The minimum atomic E-state index is -0.714. The number of nitrogens with zero attached hydrogens (tertiary/aromatic N) is 1. The lowest BCUT2D eigenvalue weighted by molar-refractivity contribution is 0.0523. The molecule has 2 rings (SSSR count). The minimum absolute atomic E-state index is 0.0269. The third-order valence-electron chi connectivity index (χ3n) is 4.32. The van der Waals surface area contributed by atoms with E-state index in [2.05, 4.69) is 32.6 Å². The molecule has 0 aliphatic rings. The maximum absolute atomic E-state index is 12.8. The number of hydrogen-bond donors (Lipinski definition) is 2. The molecule has 0 atom stereocenters. The highest BCUT2D eigenvalue weighted by Crippen LogP contribution is 2.39. The molecule has 0 radical (unpaired) electrons. The van der Waals surface area contributed by atoms with Crippen LogP contribution in [0.2, 0.25) is 0 Å². The molecule has 0 aromatic heterocycles. The van der Waals surface area contributed by atoms with Gasteiger partial charge in [-0.05, 0) is 71.6 Å². The first-order valence-electron chi connectivity index (χ1n) is 10.6. The van der Waals surface area contributed by atoms with Crippen LogP contribution < -0.4 is 10.6 Å². The van der Waals surface area contributed by atoms with Gasteiger partial charge in [0.05, 0.1) is 11.3 Å². The van der Waals surface area contributed by atoms with Gasteiger partial charge in [-0.25, -0.2) is 9.59 Å². The van der Waals surface area contributed by atoms with E-state index < -0.39 is 23.4 Å². The van der Waals surface area contributed by atoms with Gasteiger partial charge in [-0.15, -0.1) is 11.8 Å². The van der Waals surface area contributed by atoms with Gasteiger partial charge in [0.25, 0.3) is 0 Å². The molecule has 0 fully saturated rings. The van der Waals surface area contributed by atoms with Gasteiger partial charge in [-0.2, -0.15) is 5.26 Å². The summed E-state index contributed by atoms with van der Waals surface area (Å²) < 4.78 is 11.7. The highest BCUT2D eigenvalue weighted by molar-refractivity contribution is 9.10. The molecule has 34 heavy (non-hydrogen) atoms. The van der Waals surface area contributed by atoms with Crippen LogP contribution in [0.3, 0.4) is 0 Å². The number of carbonyl (C=O) groups is 2. The Bertz CT molecular complexity index is 1100. The molecule has 0 bridgehead atoms. The SMILES string of the molecule is CSc1cc(-c2ccc(Br)cc2)c(NC(=O)OC(C)(C)C)c(CNC(=O)OC(C)(C)C)c1C#N. The maximum Gasteiger partial charge on any atom is 0.412 e. The average Bonchev–Trinajstić information content (AvgIpc) is 2.70. The molecule has 0 heterocycles. The summed E-state index contributed by atoms with van der Waals surface area (Å²) in [4.78, 5) is 25.8. The van der Waals surface area contributed by atoms with Crippen molar-refractivity contribution >= 4 is 45.6 Å². The van der Waals surface area contributed by atoms with E-state index in [1.165, 1.54) is 11.8 Å². The number of amides is 2. The summed E-state index contributed by atoms with van der Waals surface area (Å²) in [5.74, 6) is 0. The number of ether oxygens (including phenoxy) is 2. The van der Waals surface area contributed by atoms with Crippen LogP contribution in [0.25, 0.3) is 11.1 Å². The molecule has 7 nitrogen and oxygen atoms in total. The van der Waals surface area contributed by atoms with Crippen LogP contribution in [0.5, 0.6) is 0 Å². The molecule has 9 heteroatoms. The van der Waals surface area contributed by atoms with Crippen LogP contribution in [0.1, 0.15) is 52.7 Å². The lowest BCUT2D eigenvalue weighted by atomic mass is 9.96. The summed E-state index contributed by atoms with van der Waals surface area (Å²) >= 11 is 4.85. The van der Waals surface area contributed by atoms with Crippen molar-refractivity contribution in [3.63, 3.8) is 0 Å². The van der Waals surface area contributed by atoms with E-state index in [9.17, 15) is 14.9 Å². The number of nitrogens with one attached hydrogen (secondary N) is 2. The van der Waals surface area contributed by atoms with Crippen molar-refractivity contribution < 1.29 is 19.1 Å². The predicted molar refractivity (Wildman–Crippen MR) is 139 cm³/mol. The largest absolute Gasteiger partial charge is 0.444 e. The third-order valence-corrected chi connectivity index (χ3v) is 5.61. The van der Waals surface area contributed by atoms with Gasteiger partial charge in [-0.1, -0.05) is 28.1 Å². The molecular formula is C25H30BrN3O4S. The summed E-state index contributed by atoms with van der Waals surface area (Å²) in [6.45, 7) is 10.6. The summed E-state index contributed by atoms with van der Waals surface area (Å²) in [6, 6.07) is 11.7. The molecule has 0 aliphatic heterocycles. The molecule has 2 aromatic carbocycles. The molecule has 0 saturated heterocycles. The van der Waals surface area contributed by atoms with E-state index >= 15 is 0 Å². The molecular weight excluding hydrogens is 518 g/mol. The molecule has 2 N–H and O–H groups in total. The van der Waals surface area contributed by atoms with Crippen LogP contribution in [0, 0.1) is 11.3 Å². The normalized spacial score (nSPS) is 11.4. The van der Waals surface area contributed by atoms with Crippen molar-refractivity contribution in [1.29, 1.82) is 5.26 Å². The Morgan fingerprint density at radius 2 is 1.59 bits per heavy atom. The zero-order chi connectivity index (χ0) is 25.7. The summed E-state index contributed by atoms with van der Waals surface area (Å²) in [5.41, 5.74) is 1.34. The van der Waals surface area contributed by atoms with Gasteiger partial charge < -0.3 is 14.8 Å².